The summed E-state index contributed by atoms with van der Waals surface area (Å²) in [5, 5.41) is 6.89. The number of rotatable bonds is 4. The quantitative estimate of drug-likeness (QED) is 0.410. The van der Waals surface area contributed by atoms with E-state index in [1.807, 2.05) is 0 Å². The van der Waals surface area contributed by atoms with Crippen LogP contribution in [0.4, 0.5) is 0 Å². The van der Waals surface area contributed by atoms with Gasteiger partial charge in [-0.1, -0.05) is 0 Å². The molecule has 0 aliphatic carbocycles. The molecule has 0 aromatic heterocycles. The van der Waals surface area contributed by atoms with Crippen molar-refractivity contribution < 1.29 is 28.4 Å². The molecule has 7 nitrogen and oxygen atoms in total. The molecule has 1 atom stereocenters. The Balaban J connectivity index is 0. The van der Waals surface area contributed by atoms with E-state index in [0.717, 1.165) is 7.11 Å². The van der Waals surface area contributed by atoms with Crippen LogP contribution in [-0.2, 0) is 18.4 Å². The molecule has 0 heterocycles. The summed E-state index contributed by atoms with van der Waals surface area (Å²) in [4.78, 5) is 16.9. The van der Waals surface area contributed by atoms with Crippen LogP contribution < -0.4 is 5.73 Å². The van der Waals surface area contributed by atoms with Crippen LogP contribution in [0.3, 0.4) is 0 Å². The van der Waals surface area contributed by atoms with Crippen molar-refractivity contribution in [2.45, 2.75) is 0 Å². The monoisotopic (exact) mass is 201 g/mol. The van der Waals surface area contributed by atoms with Crippen LogP contribution in [0.15, 0.2) is 0 Å². The maximum atomic E-state index is 10.4. The number of hydrogen-bond donors (Lipinski definition) is 3. The van der Waals surface area contributed by atoms with E-state index >= 15 is 0 Å². The molecular weight excluding hydrogens is 189 g/mol. The second-order valence-corrected chi connectivity index (χ2v) is 2.94. The highest BCUT2D eigenvalue weighted by molar-refractivity contribution is 7.47. The molecule has 8 heteroatoms. The van der Waals surface area contributed by atoms with Gasteiger partial charge < -0.3 is 15.7 Å². The fourth-order valence-corrected chi connectivity index (χ4v) is 0.662. The zero-order valence-corrected chi connectivity index (χ0v) is 7.44. The molecule has 0 radical (unpaired) electrons. The van der Waals surface area contributed by atoms with Crippen molar-refractivity contribution in [1.29, 1.82) is 0 Å². The van der Waals surface area contributed by atoms with Gasteiger partial charge in [0.1, 0.15) is 0 Å². The molecular formula is C4H12NO6P. The molecule has 0 fully saturated rings. The van der Waals surface area contributed by atoms with Gasteiger partial charge in [-0.25, -0.2) is 4.57 Å². The molecule has 0 rings (SSSR count). The Bertz CT molecular complexity index is 150. The minimum Gasteiger partial charge on any atom is -0.483 e. The lowest BCUT2D eigenvalue weighted by atomic mass is 10.8. The molecule has 0 spiro atoms. The topological polar surface area (TPSA) is 119 Å². The number of nitrogens with two attached hydrogens (primary N) is 1. The van der Waals surface area contributed by atoms with E-state index in [1.54, 1.807) is 0 Å². The summed E-state index contributed by atoms with van der Waals surface area (Å²) in [7, 11) is -2.68. The van der Waals surface area contributed by atoms with Crippen LogP contribution in [0.5, 0.6) is 0 Å². The lowest BCUT2D eigenvalue weighted by Gasteiger charge is -2.06. The Morgan fingerprint density at radius 3 is 2.33 bits per heavy atom. The lowest BCUT2D eigenvalue weighted by molar-refractivity contribution is -0.122. The van der Waals surface area contributed by atoms with E-state index in [1.165, 1.54) is 0 Å². The van der Waals surface area contributed by atoms with Crippen molar-refractivity contribution in [3.8, 4) is 0 Å². The summed E-state index contributed by atoms with van der Waals surface area (Å²) in [5.41, 5.74) is 4.98. The molecule has 12 heavy (non-hydrogen) atoms. The van der Waals surface area contributed by atoms with Crippen LogP contribution in [0.1, 0.15) is 0 Å². The molecule has 1 unspecified atom stereocenters. The van der Waals surface area contributed by atoms with Crippen LogP contribution in [-0.4, -0.2) is 36.7 Å². The molecule has 4 N–H and O–H groups in total. The molecule has 0 aliphatic rings. The predicted octanol–water partition coefficient (Wildman–Crippen LogP) is -0.591. The third-order valence-electron chi connectivity index (χ3n) is 0.603. The van der Waals surface area contributed by atoms with Crippen molar-refractivity contribution in [3.63, 3.8) is 0 Å². The minimum atomic E-state index is -3.77. The van der Waals surface area contributed by atoms with Gasteiger partial charge in [-0.15, -0.1) is 0 Å². The lowest BCUT2D eigenvalue weighted by Crippen LogP contribution is -2.07. The third kappa shape index (κ3) is 12.2. The highest BCUT2D eigenvalue weighted by Crippen LogP contribution is 2.41. The molecule has 0 saturated heterocycles. The maximum Gasteiger partial charge on any atom is 0.471 e. The van der Waals surface area contributed by atoms with Gasteiger partial charge in [0.05, 0.1) is 6.61 Å². The first kappa shape index (κ1) is 14.1. The van der Waals surface area contributed by atoms with Crippen molar-refractivity contribution in [2.75, 3.05) is 20.3 Å². The van der Waals surface area contributed by atoms with E-state index in [2.05, 4.69) is 9.05 Å². The molecule has 0 aromatic rings. The fourth-order valence-electron chi connectivity index (χ4n) is 0.221. The van der Waals surface area contributed by atoms with Crippen LogP contribution in [0, 0.1) is 0 Å². The zero-order chi connectivity index (χ0) is 10.0. The second-order valence-electron chi connectivity index (χ2n) is 1.38. The van der Waals surface area contributed by atoms with Crippen molar-refractivity contribution >= 4 is 14.3 Å². The average Bonchev–Trinajstić information content (AvgIpc) is 2.03. The van der Waals surface area contributed by atoms with Gasteiger partial charge in [0.15, 0.2) is 0 Å². The van der Waals surface area contributed by atoms with Crippen LogP contribution >= 0.6 is 7.82 Å². The SMILES string of the molecule is COP(=O)(O)OCCN.O=CO. The summed E-state index contributed by atoms with van der Waals surface area (Å²) < 4.78 is 18.8. The van der Waals surface area contributed by atoms with Crippen molar-refractivity contribution in [1.82, 2.24) is 0 Å². The van der Waals surface area contributed by atoms with E-state index < -0.39 is 7.82 Å². The first-order valence-corrected chi connectivity index (χ1v) is 4.34. The minimum absolute atomic E-state index is 0.0294. The number of carbonyl (C=O) groups is 1. The summed E-state index contributed by atoms with van der Waals surface area (Å²) >= 11 is 0. The van der Waals surface area contributed by atoms with Gasteiger partial charge in [0.25, 0.3) is 6.47 Å². The van der Waals surface area contributed by atoms with E-state index in [4.69, 9.17) is 20.5 Å². The smallest absolute Gasteiger partial charge is 0.471 e. The van der Waals surface area contributed by atoms with Gasteiger partial charge in [0, 0.05) is 13.7 Å². The van der Waals surface area contributed by atoms with Gasteiger partial charge in [0.2, 0.25) is 0 Å². The number of carboxylic acid groups (broad SMARTS) is 1. The Kier molecular flexibility index (Phi) is 10.1. The molecule has 0 aromatic carbocycles. The average molecular weight is 201 g/mol. The number of hydrogen-bond acceptors (Lipinski definition) is 5. The largest absolute Gasteiger partial charge is 0.483 e. The van der Waals surface area contributed by atoms with E-state index in [-0.39, 0.29) is 19.6 Å². The first-order chi connectivity index (χ1) is 5.54. The molecule has 0 bridgehead atoms. The normalized spacial score (nSPS) is 13.9. The zero-order valence-electron chi connectivity index (χ0n) is 6.54. The third-order valence-corrected chi connectivity index (χ3v) is 1.57. The Morgan fingerprint density at radius 2 is 2.08 bits per heavy atom. The molecule has 0 amide bonds. The first-order valence-electron chi connectivity index (χ1n) is 2.85. The van der Waals surface area contributed by atoms with Gasteiger partial charge in [-0.2, -0.15) is 0 Å². The number of phosphoric ester groups is 1. The highest BCUT2D eigenvalue weighted by atomic mass is 31.2. The van der Waals surface area contributed by atoms with Crippen LogP contribution in [0.2, 0.25) is 0 Å². The second kappa shape index (κ2) is 8.63. The standard InChI is InChI=1S/C3H10NO4P.CH2O2/c1-7-9(5,6)8-3-2-4;2-1-3/h2-4H2,1H3,(H,5,6);1H,(H,2,3). The fraction of sp³-hybridized carbons (Fsp3) is 0.750. The highest BCUT2D eigenvalue weighted by Gasteiger charge is 2.16. The van der Waals surface area contributed by atoms with Gasteiger partial charge in [-0.05, 0) is 0 Å². The molecule has 0 aliphatic heterocycles. The van der Waals surface area contributed by atoms with Crippen molar-refractivity contribution in [3.05, 3.63) is 0 Å². The Hall–Kier alpha value is -0.460. The summed E-state index contributed by atoms with van der Waals surface area (Å²) in [6, 6.07) is 0. The summed E-state index contributed by atoms with van der Waals surface area (Å²) in [6.45, 7) is -0.0183. The molecule has 74 valence electrons. The van der Waals surface area contributed by atoms with Crippen LogP contribution in [0.25, 0.3) is 0 Å². The molecule has 0 saturated carbocycles. The number of phosphoric acid groups is 1. The predicted molar refractivity (Wildman–Crippen MR) is 40.5 cm³/mol. The van der Waals surface area contributed by atoms with Gasteiger partial charge >= 0.3 is 7.82 Å². The summed E-state index contributed by atoms with van der Waals surface area (Å²) in [6.07, 6.45) is 0. The van der Waals surface area contributed by atoms with Gasteiger partial charge in [-0.3, -0.25) is 13.8 Å². The Morgan fingerprint density at radius 1 is 1.67 bits per heavy atom. The summed E-state index contributed by atoms with van der Waals surface area (Å²) in [5.74, 6) is 0. The van der Waals surface area contributed by atoms with Crippen molar-refractivity contribution in [2.24, 2.45) is 5.73 Å². The Labute approximate surface area is 69.7 Å². The van der Waals surface area contributed by atoms with E-state index in [9.17, 15) is 4.57 Å². The van der Waals surface area contributed by atoms with E-state index in [0.29, 0.717) is 0 Å². The maximum absolute atomic E-state index is 10.4.